The Morgan fingerprint density at radius 3 is 2.68 bits per heavy atom. The van der Waals surface area contributed by atoms with Crippen molar-refractivity contribution in [1.29, 1.82) is 0 Å². The molecule has 0 atom stereocenters. The molecule has 2 heterocycles. The third-order valence-corrected chi connectivity index (χ3v) is 8.27. The first kappa shape index (κ1) is 21.9. The number of hydrogen-bond acceptors (Lipinski definition) is 7. The monoisotopic (exact) mass is 478 g/mol. The number of sulfone groups is 1. The first-order valence-corrected chi connectivity index (χ1v) is 13.6. The summed E-state index contributed by atoms with van der Waals surface area (Å²) in [6.45, 7) is 0.911. The zero-order valence-corrected chi connectivity index (χ0v) is 19.4. The molecule has 3 aromatic rings. The zero-order valence-electron chi connectivity index (χ0n) is 16.9. The van der Waals surface area contributed by atoms with Gasteiger partial charge in [-0.2, -0.15) is 16.8 Å². The summed E-state index contributed by atoms with van der Waals surface area (Å²) in [5, 5.41) is 0. The third-order valence-electron chi connectivity index (χ3n) is 4.82. The Balaban J connectivity index is 1.53. The lowest BCUT2D eigenvalue weighted by Gasteiger charge is -2.05. The minimum Gasteiger partial charge on any atom is -0.454 e. The number of aromatic nitrogens is 1. The van der Waals surface area contributed by atoms with Gasteiger partial charge in [-0.1, -0.05) is 29.5 Å². The van der Waals surface area contributed by atoms with Gasteiger partial charge in [0.05, 0.1) is 20.9 Å². The fraction of sp³-hybridized carbons (Fsp3) is 0.333. The number of carbonyl (C=O) groups excluding carboxylic acids is 1. The molecule has 0 unspecified atom stereocenters. The van der Waals surface area contributed by atoms with Crippen molar-refractivity contribution in [2.24, 2.45) is 4.99 Å². The maximum Gasteiger partial charge on any atom is 0.248 e. The van der Waals surface area contributed by atoms with Gasteiger partial charge in [-0.3, -0.25) is 4.79 Å². The molecule has 10 heteroatoms. The van der Waals surface area contributed by atoms with Crippen molar-refractivity contribution >= 4 is 49.1 Å². The lowest BCUT2D eigenvalue weighted by Crippen LogP contribution is -2.18. The van der Waals surface area contributed by atoms with E-state index in [1.807, 2.05) is 23.0 Å². The van der Waals surface area contributed by atoms with Crippen molar-refractivity contribution in [1.82, 2.24) is 4.57 Å². The first-order chi connectivity index (χ1) is 15.0. The Morgan fingerprint density at radius 2 is 1.94 bits per heavy atom. The molecule has 164 valence electrons. The molecular formula is C21H22N2O5S3. The highest BCUT2D eigenvalue weighted by Crippen LogP contribution is 2.37. The molecule has 31 heavy (non-hydrogen) atoms. The summed E-state index contributed by atoms with van der Waals surface area (Å²) in [6.07, 6.45) is 2.33. The van der Waals surface area contributed by atoms with E-state index in [4.69, 9.17) is 9.47 Å². The van der Waals surface area contributed by atoms with Gasteiger partial charge in [-0.05, 0) is 24.8 Å². The largest absolute Gasteiger partial charge is 0.454 e. The number of thiazole rings is 1. The number of fused-ring (bicyclic) bond motifs is 2. The standard InChI is InChI=1S/C21H22N2O5S3/c1-29-10-9-23-16-12-17-18(28-14-27-17)13-19(16)30-21(23)22-20(24)8-5-11-31(25,26)15-6-3-2-4-7-15/h2-4,6-7,12-13H,5,8-11,14H2,1H3. The molecule has 0 fully saturated rings. The topological polar surface area (TPSA) is 87.0 Å². The van der Waals surface area contributed by atoms with Gasteiger partial charge < -0.3 is 14.0 Å². The molecule has 1 aliphatic rings. The summed E-state index contributed by atoms with van der Waals surface area (Å²) in [5.41, 5.74) is 0.946. The summed E-state index contributed by atoms with van der Waals surface area (Å²) in [4.78, 5) is 17.7. The lowest BCUT2D eigenvalue weighted by molar-refractivity contribution is -0.118. The average molecular weight is 479 g/mol. The van der Waals surface area contributed by atoms with E-state index in [1.165, 1.54) is 11.3 Å². The SMILES string of the molecule is CSCCn1c(=NC(=O)CCCS(=O)(=O)c2ccccc2)sc2cc3c(cc21)OCO3. The Bertz CT molecular complexity index is 1260. The number of hydrogen-bond donors (Lipinski definition) is 0. The van der Waals surface area contributed by atoms with Crippen LogP contribution in [0.15, 0.2) is 52.4 Å². The second kappa shape index (κ2) is 9.46. The van der Waals surface area contributed by atoms with Crippen LogP contribution in [0.3, 0.4) is 0 Å². The molecule has 4 rings (SSSR count). The Hall–Kier alpha value is -2.30. The third kappa shape index (κ3) is 4.97. The van der Waals surface area contributed by atoms with E-state index in [1.54, 1.807) is 42.1 Å². The van der Waals surface area contributed by atoms with Gasteiger partial charge in [0, 0.05) is 30.9 Å². The number of amides is 1. The second-order valence-electron chi connectivity index (χ2n) is 6.94. The Kier molecular flexibility index (Phi) is 6.68. The number of aryl methyl sites for hydroxylation is 1. The molecule has 0 spiro atoms. The van der Waals surface area contributed by atoms with E-state index in [2.05, 4.69) is 4.99 Å². The number of rotatable bonds is 8. The normalized spacial score (nSPS) is 13.8. The minimum atomic E-state index is -3.40. The smallest absolute Gasteiger partial charge is 0.248 e. The highest BCUT2D eigenvalue weighted by atomic mass is 32.2. The predicted molar refractivity (Wildman–Crippen MR) is 123 cm³/mol. The molecule has 0 radical (unpaired) electrons. The van der Waals surface area contributed by atoms with Crippen LogP contribution in [0.5, 0.6) is 11.5 Å². The van der Waals surface area contributed by atoms with Gasteiger partial charge in [0.1, 0.15) is 0 Å². The van der Waals surface area contributed by atoms with Crippen LogP contribution >= 0.6 is 23.1 Å². The number of carbonyl (C=O) groups is 1. The molecule has 1 aliphatic heterocycles. The summed E-state index contributed by atoms with van der Waals surface area (Å²) in [7, 11) is -3.40. The molecule has 0 aliphatic carbocycles. The zero-order chi connectivity index (χ0) is 21.8. The van der Waals surface area contributed by atoms with Gasteiger partial charge in [-0.25, -0.2) is 8.42 Å². The summed E-state index contributed by atoms with van der Waals surface area (Å²) in [6, 6.07) is 12.1. The van der Waals surface area contributed by atoms with Crippen LogP contribution in [0.4, 0.5) is 0 Å². The van der Waals surface area contributed by atoms with Crippen molar-refractivity contribution in [3.8, 4) is 11.5 Å². The van der Waals surface area contributed by atoms with Crippen LogP contribution < -0.4 is 14.3 Å². The summed E-state index contributed by atoms with van der Waals surface area (Å²) < 4.78 is 38.7. The maximum atomic E-state index is 12.5. The van der Waals surface area contributed by atoms with Gasteiger partial charge in [0.25, 0.3) is 0 Å². The van der Waals surface area contributed by atoms with Crippen LogP contribution in [0.1, 0.15) is 12.8 Å². The fourth-order valence-corrected chi connectivity index (χ4v) is 6.05. The van der Waals surface area contributed by atoms with Crippen molar-refractivity contribution in [3.63, 3.8) is 0 Å². The molecule has 0 saturated carbocycles. The first-order valence-electron chi connectivity index (χ1n) is 9.75. The van der Waals surface area contributed by atoms with Crippen LogP contribution in [0, 0.1) is 0 Å². The molecule has 0 bridgehead atoms. The van der Waals surface area contributed by atoms with Crippen molar-refractivity contribution in [2.45, 2.75) is 24.3 Å². The summed E-state index contributed by atoms with van der Waals surface area (Å²) >= 11 is 3.13. The molecule has 1 aromatic heterocycles. The van der Waals surface area contributed by atoms with Crippen LogP contribution in [0.25, 0.3) is 10.2 Å². The molecule has 7 nitrogen and oxygen atoms in total. The van der Waals surface area contributed by atoms with Crippen LogP contribution in [-0.2, 0) is 21.2 Å². The van der Waals surface area contributed by atoms with Gasteiger partial charge in [0.2, 0.25) is 12.7 Å². The highest BCUT2D eigenvalue weighted by Gasteiger charge is 2.18. The molecule has 0 saturated heterocycles. The van der Waals surface area contributed by atoms with Gasteiger partial charge in [0.15, 0.2) is 26.1 Å². The lowest BCUT2D eigenvalue weighted by atomic mass is 10.3. The van der Waals surface area contributed by atoms with E-state index in [0.29, 0.717) is 22.8 Å². The van der Waals surface area contributed by atoms with Crippen molar-refractivity contribution in [3.05, 3.63) is 47.3 Å². The molecular weight excluding hydrogens is 456 g/mol. The molecule has 0 N–H and O–H groups in total. The van der Waals surface area contributed by atoms with E-state index in [-0.39, 0.29) is 36.2 Å². The predicted octanol–water partition coefficient (Wildman–Crippen LogP) is 3.48. The Labute approximate surface area is 188 Å². The number of thioether (sulfide) groups is 1. The van der Waals surface area contributed by atoms with E-state index in [0.717, 1.165) is 16.0 Å². The number of benzene rings is 2. The van der Waals surface area contributed by atoms with Crippen LogP contribution in [0.2, 0.25) is 0 Å². The van der Waals surface area contributed by atoms with Gasteiger partial charge >= 0.3 is 0 Å². The highest BCUT2D eigenvalue weighted by molar-refractivity contribution is 7.98. The summed E-state index contributed by atoms with van der Waals surface area (Å²) in [5.74, 6) is 1.84. The second-order valence-corrected chi connectivity index (χ2v) is 11.0. The Morgan fingerprint density at radius 1 is 1.19 bits per heavy atom. The molecule has 2 aromatic carbocycles. The van der Waals surface area contributed by atoms with E-state index >= 15 is 0 Å². The number of ether oxygens (including phenoxy) is 2. The fourth-order valence-electron chi connectivity index (χ4n) is 3.27. The van der Waals surface area contributed by atoms with Gasteiger partial charge in [-0.15, -0.1) is 0 Å². The quantitative estimate of drug-likeness (QED) is 0.493. The van der Waals surface area contributed by atoms with Crippen molar-refractivity contribution < 1.29 is 22.7 Å². The van der Waals surface area contributed by atoms with E-state index < -0.39 is 9.84 Å². The molecule has 1 amide bonds. The van der Waals surface area contributed by atoms with Crippen LogP contribution in [-0.4, -0.2) is 43.4 Å². The maximum absolute atomic E-state index is 12.5. The minimum absolute atomic E-state index is 0.0750. The van der Waals surface area contributed by atoms with E-state index in [9.17, 15) is 13.2 Å². The average Bonchev–Trinajstić information content (AvgIpc) is 3.34. The van der Waals surface area contributed by atoms with Crippen molar-refractivity contribution in [2.75, 3.05) is 24.6 Å². The number of nitrogens with zero attached hydrogens (tertiary/aromatic N) is 2.